The minimum absolute atomic E-state index is 0.119. The van der Waals surface area contributed by atoms with E-state index < -0.39 is 5.60 Å². The third kappa shape index (κ3) is 4.01. The molecule has 0 bridgehead atoms. The van der Waals surface area contributed by atoms with Crippen molar-refractivity contribution in [2.45, 2.75) is 62.9 Å². The fourth-order valence-corrected chi connectivity index (χ4v) is 6.40. The number of rotatable bonds is 4. The molecule has 1 fully saturated rings. The van der Waals surface area contributed by atoms with Crippen LogP contribution in [-0.2, 0) is 11.8 Å². The van der Waals surface area contributed by atoms with Crippen molar-refractivity contribution in [1.82, 2.24) is 0 Å². The van der Waals surface area contributed by atoms with E-state index in [9.17, 15) is 9.90 Å². The van der Waals surface area contributed by atoms with Crippen LogP contribution in [-0.4, -0.2) is 16.6 Å². The lowest BCUT2D eigenvalue weighted by atomic mass is 9.55. The van der Waals surface area contributed by atoms with Crippen molar-refractivity contribution in [2.24, 2.45) is 5.92 Å². The molecule has 3 aromatic rings. The van der Waals surface area contributed by atoms with Gasteiger partial charge in [-0.25, -0.2) is 0 Å². The van der Waals surface area contributed by atoms with E-state index in [0.717, 1.165) is 44.9 Å². The summed E-state index contributed by atoms with van der Waals surface area (Å²) >= 11 is 0. The fraction of sp³-hybridized carbons (Fsp3) is 0.367. The van der Waals surface area contributed by atoms with Crippen LogP contribution in [0.1, 0.15) is 72.5 Å². The van der Waals surface area contributed by atoms with E-state index in [4.69, 9.17) is 5.73 Å². The molecule has 0 spiro atoms. The van der Waals surface area contributed by atoms with Crippen LogP contribution in [0.3, 0.4) is 0 Å². The minimum Gasteiger partial charge on any atom is -0.399 e. The Labute approximate surface area is 202 Å². The molecule has 4 nitrogen and oxygen atoms in total. The lowest BCUT2D eigenvalue weighted by Gasteiger charge is -2.50. The van der Waals surface area contributed by atoms with Gasteiger partial charge in [0.15, 0.2) is 0 Å². The number of nitrogen functional groups attached to an aromatic ring is 1. The number of carbonyl (C=O) groups is 1. The summed E-state index contributed by atoms with van der Waals surface area (Å²) in [7, 11) is 0. The van der Waals surface area contributed by atoms with Gasteiger partial charge in [-0.05, 0) is 97.9 Å². The maximum absolute atomic E-state index is 13.1. The molecule has 176 valence electrons. The van der Waals surface area contributed by atoms with Crippen LogP contribution < -0.4 is 11.1 Å². The molecule has 34 heavy (non-hydrogen) atoms. The zero-order chi connectivity index (χ0) is 23.8. The normalized spacial score (nSPS) is 26.1. The van der Waals surface area contributed by atoms with Gasteiger partial charge in [0.25, 0.3) is 5.91 Å². The quantitative estimate of drug-likeness (QED) is 0.418. The van der Waals surface area contributed by atoms with Crippen LogP contribution in [0.15, 0.2) is 72.8 Å². The molecule has 2 aliphatic rings. The lowest BCUT2D eigenvalue weighted by molar-refractivity contribution is -0.0415. The summed E-state index contributed by atoms with van der Waals surface area (Å²) in [6, 6.07) is 24.3. The predicted octanol–water partition coefficient (Wildman–Crippen LogP) is 6.08. The molecule has 0 heterocycles. The highest BCUT2D eigenvalue weighted by molar-refractivity contribution is 6.04. The summed E-state index contributed by atoms with van der Waals surface area (Å²) in [4.78, 5) is 13.1. The molecular weight excluding hydrogens is 420 g/mol. The molecule has 4 heteroatoms. The van der Waals surface area contributed by atoms with E-state index >= 15 is 0 Å². The van der Waals surface area contributed by atoms with E-state index in [2.05, 4.69) is 54.7 Å². The highest BCUT2D eigenvalue weighted by Gasteiger charge is 2.51. The van der Waals surface area contributed by atoms with Gasteiger partial charge in [-0.1, -0.05) is 49.4 Å². The van der Waals surface area contributed by atoms with Gasteiger partial charge in [-0.15, -0.1) is 0 Å². The number of amides is 1. The van der Waals surface area contributed by atoms with Crippen molar-refractivity contribution in [3.8, 4) is 0 Å². The number of fused-ring (bicyclic) bond motifs is 3. The number of aliphatic hydroxyl groups is 1. The van der Waals surface area contributed by atoms with Gasteiger partial charge < -0.3 is 16.2 Å². The molecule has 1 saturated carbocycles. The second-order valence-electron chi connectivity index (χ2n) is 10.2. The van der Waals surface area contributed by atoms with Gasteiger partial charge in [0.1, 0.15) is 0 Å². The van der Waals surface area contributed by atoms with Crippen molar-refractivity contribution in [2.75, 3.05) is 11.1 Å². The van der Waals surface area contributed by atoms with Crippen LogP contribution >= 0.6 is 0 Å². The fourth-order valence-electron chi connectivity index (χ4n) is 6.40. The Kier molecular flexibility index (Phi) is 5.95. The van der Waals surface area contributed by atoms with Crippen molar-refractivity contribution >= 4 is 17.3 Å². The first-order valence-corrected chi connectivity index (χ1v) is 12.5. The van der Waals surface area contributed by atoms with Crippen LogP contribution in [0.5, 0.6) is 0 Å². The number of aryl methyl sites for hydroxylation is 1. The first-order valence-electron chi connectivity index (χ1n) is 12.5. The molecule has 0 radical (unpaired) electrons. The lowest BCUT2D eigenvalue weighted by Crippen LogP contribution is -2.48. The molecule has 3 aromatic carbocycles. The van der Waals surface area contributed by atoms with Gasteiger partial charge in [0.05, 0.1) is 5.60 Å². The number of hydrogen-bond donors (Lipinski definition) is 3. The number of anilines is 2. The van der Waals surface area contributed by atoms with Crippen LogP contribution in [0, 0.1) is 5.92 Å². The second kappa shape index (κ2) is 8.92. The summed E-state index contributed by atoms with van der Waals surface area (Å²) < 4.78 is 0. The second-order valence-corrected chi connectivity index (χ2v) is 10.2. The summed E-state index contributed by atoms with van der Waals surface area (Å²) in [5.74, 6) is 0.258. The van der Waals surface area contributed by atoms with Gasteiger partial charge in [-0.2, -0.15) is 0 Å². The largest absolute Gasteiger partial charge is 0.399 e. The molecule has 1 amide bonds. The minimum atomic E-state index is -0.579. The first-order chi connectivity index (χ1) is 16.4. The Morgan fingerprint density at radius 1 is 1.06 bits per heavy atom. The number of nitrogens with two attached hydrogens (primary N) is 1. The Hall–Kier alpha value is -3.11. The Morgan fingerprint density at radius 2 is 1.88 bits per heavy atom. The SMILES string of the molecule is CC[C@@]1(O)CCC2(c3ccccc3)c3ccc(C(=O)Nc4cccc(N)c4)cc3CCC[C@H]2C1. The first kappa shape index (κ1) is 22.7. The molecule has 2 aliphatic carbocycles. The van der Waals surface area contributed by atoms with Gasteiger partial charge in [0, 0.05) is 22.4 Å². The molecular formula is C30H34N2O2. The Bertz CT molecular complexity index is 1190. The zero-order valence-corrected chi connectivity index (χ0v) is 19.9. The topological polar surface area (TPSA) is 75.3 Å². The number of nitrogens with one attached hydrogen (secondary N) is 1. The third-order valence-electron chi connectivity index (χ3n) is 8.25. The predicted molar refractivity (Wildman–Crippen MR) is 138 cm³/mol. The van der Waals surface area contributed by atoms with Crippen LogP contribution in [0.2, 0.25) is 0 Å². The molecule has 4 N–H and O–H groups in total. The monoisotopic (exact) mass is 454 g/mol. The average molecular weight is 455 g/mol. The summed E-state index contributed by atoms with van der Waals surface area (Å²) in [5, 5.41) is 14.2. The standard InChI is InChI=1S/C30H34N2O2/c1-2-29(34)16-17-30(23-9-4-3-5-10-23)24(20-29)11-6-8-21-18-22(14-15-27(21)30)28(33)32-26-13-7-12-25(31)19-26/h3-5,7,9-10,12-15,18-19,24,34H,2,6,8,11,16-17,20,31H2,1H3,(H,32,33)/t24-,29+,30?/m0/s1. The summed E-state index contributed by atoms with van der Waals surface area (Å²) in [6.07, 6.45) is 6.44. The average Bonchev–Trinajstić information content (AvgIpc) is 3.01. The van der Waals surface area contributed by atoms with E-state index in [1.54, 1.807) is 12.1 Å². The van der Waals surface area contributed by atoms with Crippen LogP contribution in [0.4, 0.5) is 11.4 Å². The van der Waals surface area contributed by atoms with Gasteiger partial charge in [-0.3, -0.25) is 4.79 Å². The van der Waals surface area contributed by atoms with Crippen molar-refractivity contribution in [3.63, 3.8) is 0 Å². The maximum atomic E-state index is 13.1. The molecule has 5 rings (SSSR count). The molecule has 1 unspecified atom stereocenters. The van der Waals surface area contributed by atoms with Gasteiger partial charge >= 0.3 is 0 Å². The highest BCUT2D eigenvalue weighted by atomic mass is 16.3. The van der Waals surface area contributed by atoms with Crippen molar-refractivity contribution < 1.29 is 9.90 Å². The number of carbonyl (C=O) groups excluding carboxylic acids is 1. The highest BCUT2D eigenvalue weighted by Crippen LogP contribution is 2.55. The zero-order valence-electron chi connectivity index (χ0n) is 19.9. The van der Waals surface area contributed by atoms with E-state index in [-0.39, 0.29) is 11.3 Å². The maximum Gasteiger partial charge on any atom is 0.255 e. The third-order valence-corrected chi connectivity index (χ3v) is 8.25. The van der Waals surface area contributed by atoms with E-state index in [1.165, 1.54) is 16.7 Å². The van der Waals surface area contributed by atoms with Crippen LogP contribution in [0.25, 0.3) is 0 Å². The van der Waals surface area contributed by atoms with Gasteiger partial charge in [0.2, 0.25) is 0 Å². The Morgan fingerprint density at radius 3 is 2.65 bits per heavy atom. The van der Waals surface area contributed by atoms with E-state index in [1.807, 2.05) is 18.2 Å². The van der Waals surface area contributed by atoms with E-state index in [0.29, 0.717) is 22.9 Å². The Balaban J connectivity index is 1.55. The smallest absolute Gasteiger partial charge is 0.255 e. The van der Waals surface area contributed by atoms with Crippen molar-refractivity contribution in [1.29, 1.82) is 0 Å². The molecule has 0 aromatic heterocycles. The molecule has 0 aliphatic heterocycles. The molecule has 0 saturated heterocycles. The van der Waals surface area contributed by atoms with Crippen molar-refractivity contribution in [3.05, 3.63) is 95.1 Å². The summed E-state index contributed by atoms with van der Waals surface area (Å²) in [6.45, 7) is 2.10. The number of hydrogen-bond acceptors (Lipinski definition) is 3. The summed E-state index contributed by atoms with van der Waals surface area (Å²) in [5.41, 5.74) is 11.1. The number of benzene rings is 3. The molecule has 3 atom stereocenters.